The molecule has 0 radical (unpaired) electrons. The van der Waals surface area contributed by atoms with Gasteiger partial charge in [-0.3, -0.25) is 9.59 Å². The lowest BCUT2D eigenvalue weighted by Crippen LogP contribution is -2.41. The molecule has 4 unspecified atom stereocenters. The van der Waals surface area contributed by atoms with E-state index in [2.05, 4.69) is 0 Å². The van der Waals surface area contributed by atoms with E-state index in [-0.39, 0.29) is 24.1 Å². The average molecular weight is 312 g/mol. The van der Waals surface area contributed by atoms with Crippen molar-refractivity contribution < 1.29 is 33.3 Å². The molecule has 3 heterocycles. The number of esters is 3. The number of fused-ring (bicyclic) bond motifs is 1. The molecule has 0 N–H and O–H groups in total. The summed E-state index contributed by atoms with van der Waals surface area (Å²) < 4.78 is 21.1. The fraction of sp³-hybridized carbons (Fsp3) is 0.800. The first kappa shape index (κ1) is 15.3. The van der Waals surface area contributed by atoms with Crippen molar-refractivity contribution >= 4 is 17.9 Å². The number of rotatable bonds is 5. The SMILES string of the molecule is CCC(C)(C)C(=O)OCC(=O)OC1C2OC(=O)C3C[C@@H]1OC32. The number of ether oxygens (including phenoxy) is 4. The predicted molar refractivity (Wildman–Crippen MR) is 71.6 cm³/mol. The molecule has 3 aliphatic heterocycles. The van der Waals surface area contributed by atoms with Crippen molar-refractivity contribution in [1.82, 2.24) is 0 Å². The highest BCUT2D eigenvalue weighted by atomic mass is 16.7. The van der Waals surface area contributed by atoms with Gasteiger partial charge in [0.15, 0.2) is 18.8 Å². The molecular weight excluding hydrogens is 292 g/mol. The second-order valence-corrected chi connectivity index (χ2v) is 6.65. The Hall–Kier alpha value is -1.63. The van der Waals surface area contributed by atoms with Crippen LogP contribution in [0.3, 0.4) is 0 Å². The monoisotopic (exact) mass is 312 g/mol. The van der Waals surface area contributed by atoms with Crippen molar-refractivity contribution in [3.63, 3.8) is 0 Å². The van der Waals surface area contributed by atoms with Crippen LogP contribution in [0.2, 0.25) is 0 Å². The van der Waals surface area contributed by atoms with Crippen LogP contribution in [0, 0.1) is 11.3 Å². The van der Waals surface area contributed by atoms with Gasteiger partial charge in [0.05, 0.1) is 17.4 Å². The molecule has 0 spiro atoms. The lowest BCUT2D eigenvalue weighted by atomic mass is 9.88. The van der Waals surface area contributed by atoms with Crippen molar-refractivity contribution in [2.24, 2.45) is 11.3 Å². The van der Waals surface area contributed by atoms with Crippen LogP contribution in [-0.2, 0) is 33.3 Å². The Kier molecular flexibility index (Phi) is 3.63. The summed E-state index contributed by atoms with van der Waals surface area (Å²) in [5.41, 5.74) is -0.635. The summed E-state index contributed by atoms with van der Waals surface area (Å²) in [5, 5.41) is 0. The van der Waals surface area contributed by atoms with Crippen LogP contribution >= 0.6 is 0 Å². The molecular formula is C15H20O7. The van der Waals surface area contributed by atoms with Crippen LogP contribution in [0.1, 0.15) is 33.6 Å². The standard InChI is InChI=1S/C15H20O7/c1-4-15(2,3)14(18)19-6-9(16)21-11-8-5-7-10(20-8)12(11)22-13(7)17/h7-8,10-12H,4-6H2,1-3H3/t7?,8-,10?,11?,12?/m0/s1. The van der Waals surface area contributed by atoms with Gasteiger partial charge in [-0.1, -0.05) is 6.92 Å². The fourth-order valence-corrected chi connectivity index (χ4v) is 3.03. The molecule has 122 valence electrons. The van der Waals surface area contributed by atoms with Crippen LogP contribution < -0.4 is 0 Å². The Labute approximate surface area is 128 Å². The molecule has 7 heteroatoms. The van der Waals surface area contributed by atoms with Gasteiger partial charge in [-0.25, -0.2) is 4.79 Å². The van der Waals surface area contributed by atoms with Gasteiger partial charge in [0.1, 0.15) is 6.10 Å². The van der Waals surface area contributed by atoms with Crippen molar-refractivity contribution in [2.75, 3.05) is 6.61 Å². The zero-order valence-corrected chi connectivity index (χ0v) is 12.9. The van der Waals surface area contributed by atoms with E-state index in [4.69, 9.17) is 18.9 Å². The molecule has 0 aliphatic carbocycles. The van der Waals surface area contributed by atoms with Gasteiger partial charge in [0.25, 0.3) is 0 Å². The zero-order chi connectivity index (χ0) is 16.1. The van der Waals surface area contributed by atoms with Crippen LogP contribution in [-0.4, -0.2) is 48.9 Å². The third-order valence-electron chi connectivity index (χ3n) is 4.81. The fourth-order valence-electron chi connectivity index (χ4n) is 3.03. The lowest BCUT2D eigenvalue weighted by molar-refractivity contribution is -0.172. The predicted octanol–water partition coefficient (Wildman–Crippen LogP) is 0.590. The average Bonchev–Trinajstić information content (AvgIpc) is 3.09. The van der Waals surface area contributed by atoms with Crippen LogP contribution in [0.5, 0.6) is 0 Å². The summed E-state index contributed by atoms with van der Waals surface area (Å²) in [7, 11) is 0. The normalized spacial score (nSPS) is 35.4. The first-order valence-corrected chi connectivity index (χ1v) is 7.56. The highest BCUT2D eigenvalue weighted by molar-refractivity contribution is 5.80. The summed E-state index contributed by atoms with van der Waals surface area (Å²) in [4.78, 5) is 35.2. The Balaban J connectivity index is 1.51. The molecule has 7 nitrogen and oxygen atoms in total. The minimum atomic E-state index is -0.652. The number of carbonyl (C=O) groups excluding carboxylic acids is 3. The summed E-state index contributed by atoms with van der Waals surface area (Å²) in [6, 6.07) is 0. The first-order valence-electron chi connectivity index (χ1n) is 7.56. The number of hydrogen-bond donors (Lipinski definition) is 0. The van der Waals surface area contributed by atoms with Gasteiger partial charge in [-0.15, -0.1) is 0 Å². The van der Waals surface area contributed by atoms with Gasteiger partial charge in [-0.2, -0.15) is 0 Å². The van der Waals surface area contributed by atoms with E-state index in [1.165, 1.54) is 0 Å². The Morgan fingerprint density at radius 1 is 1.32 bits per heavy atom. The van der Waals surface area contributed by atoms with Gasteiger partial charge in [0, 0.05) is 0 Å². The molecule has 3 fully saturated rings. The number of hydrogen-bond acceptors (Lipinski definition) is 7. The van der Waals surface area contributed by atoms with Crippen LogP contribution in [0.25, 0.3) is 0 Å². The maximum absolute atomic E-state index is 11.9. The summed E-state index contributed by atoms with van der Waals surface area (Å²) in [6.45, 7) is 4.93. The molecule has 3 saturated heterocycles. The minimum absolute atomic E-state index is 0.229. The Bertz CT molecular complexity index is 512. The largest absolute Gasteiger partial charge is 0.455 e. The third-order valence-corrected chi connectivity index (χ3v) is 4.81. The Morgan fingerprint density at radius 3 is 2.73 bits per heavy atom. The van der Waals surface area contributed by atoms with E-state index < -0.39 is 36.2 Å². The smallest absolute Gasteiger partial charge is 0.344 e. The van der Waals surface area contributed by atoms with Crippen molar-refractivity contribution in [3.05, 3.63) is 0 Å². The molecule has 3 rings (SSSR count). The van der Waals surface area contributed by atoms with Crippen LogP contribution in [0.15, 0.2) is 0 Å². The van der Waals surface area contributed by atoms with Crippen LogP contribution in [0.4, 0.5) is 0 Å². The minimum Gasteiger partial charge on any atom is -0.455 e. The molecule has 2 bridgehead atoms. The molecule has 0 saturated carbocycles. The highest BCUT2D eigenvalue weighted by Gasteiger charge is 2.65. The maximum Gasteiger partial charge on any atom is 0.344 e. The number of carbonyl (C=O) groups is 3. The van der Waals surface area contributed by atoms with Gasteiger partial charge in [-0.05, 0) is 26.7 Å². The second-order valence-electron chi connectivity index (χ2n) is 6.65. The van der Waals surface area contributed by atoms with E-state index in [1.807, 2.05) is 6.92 Å². The van der Waals surface area contributed by atoms with Crippen molar-refractivity contribution in [1.29, 1.82) is 0 Å². The zero-order valence-electron chi connectivity index (χ0n) is 12.9. The molecule has 0 aromatic carbocycles. The van der Waals surface area contributed by atoms with Gasteiger partial charge >= 0.3 is 17.9 Å². The van der Waals surface area contributed by atoms with Gasteiger partial charge in [0.2, 0.25) is 0 Å². The molecule has 22 heavy (non-hydrogen) atoms. The molecule has 0 aromatic rings. The highest BCUT2D eigenvalue weighted by Crippen LogP contribution is 2.47. The van der Waals surface area contributed by atoms with Crippen molar-refractivity contribution in [2.45, 2.75) is 58.0 Å². The molecule has 5 atom stereocenters. The van der Waals surface area contributed by atoms with E-state index in [0.717, 1.165) is 0 Å². The van der Waals surface area contributed by atoms with Crippen molar-refractivity contribution in [3.8, 4) is 0 Å². The summed E-state index contributed by atoms with van der Waals surface area (Å²) >= 11 is 0. The molecule has 0 amide bonds. The quantitative estimate of drug-likeness (QED) is 0.542. The third kappa shape index (κ3) is 2.37. The van der Waals surface area contributed by atoms with E-state index in [0.29, 0.717) is 12.8 Å². The van der Waals surface area contributed by atoms with E-state index in [9.17, 15) is 14.4 Å². The van der Waals surface area contributed by atoms with Gasteiger partial charge < -0.3 is 18.9 Å². The summed E-state index contributed by atoms with van der Waals surface area (Å²) in [5.74, 6) is -1.61. The van der Waals surface area contributed by atoms with E-state index >= 15 is 0 Å². The molecule has 3 aliphatic rings. The van der Waals surface area contributed by atoms with E-state index in [1.54, 1.807) is 13.8 Å². The molecule has 0 aromatic heterocycles. The topological polar surface area (TPSA) is 88.1 Å². The Morgan fingerprint density at radius 2 is 2.05 bits per heavy atom. The maximum atomic E-state index is 11.9. The lowest BCUT2D eigenvalue weighted by Gasteiger charge is -2.23. The second kappa shape index (κ2) is 5.22. The summed E-state index contributed by atoms with van der Waals surface area (Å²) in [6.07, 6.45) is -0.614. The first-order chi connectivity index (χ1) is 10.3.